The van der Waals surface area contributed by atoms with E-state index in [4.69, 9.17) is 11.6 Å². The predicted molar refractivity (Wildman–Crippen MR) is 120 cm³/mol. The Kier molecular flexibility index (Phi) is 6.62. The molecule has 0 aliphatic rings. The molecule has 0 saturated heterocycles. The maximum absolute atomic E-state index is 13.3. The molecule has 0 atom stereocenters. The molecule has 150 valence electrons. The molecule has 0 heterocycles. The molecule has 8 heteroatoms. The number of hydrogen-bond donors (Lipinski definition) is 1. The van der Waals surface area contributed by atoms with E-state index in [-0.39, 0.29) is 11.4 Å². The number of carbonyl (C=O) groups excluding carboxylic acids is 1. The van der Waals surface area contributed by atoms with Gasteiger partial charge in [-0.05, 0) is 61.5 Å². The molecule has 1 N–H and O–H groups in total. The van der Waals surface area contributed by atoms with Crippen LogP contribution in [0.3, 0.4) is 0 Å². The molecule has 3 rings (SSSR count). The maximum atomic E-state index is 13.3. The van der Waals surface area contributed by atoms with Crippen LogP contribution in [0.25, 0.3) is 0 Å². The van der Waals surface area contributed by atoms with E-state index in [9.17, 15) is 13.2 Å². The van der Waals surface area contributed by atoms with Crippen molar-refractivity contribution in [1.82, 2.24) is 0 Å². The van der Waals surface area contributed by atoms with Crippen molar-refractivity contribution in [2.24, 2.45) is 0 Å². The number of sulfonamides is 1. The van der Waals surface area contributed by atoms with E-state index < -0.39 is 15.9 Å². The molecule has 0 aliphatic heterocycles. The van der Waals surface area contributed by atoms with Gasteiger partial charge in [0.2, 0.25) is 5.91 Å². The van der Waals surface area contributed by atoms with Gasteiger partial charge < -0.3 is 5.32 Å². The zero-order valence-corrected chi connectivity index (χ0v) is 18.6. The zero-order chi connectivity index (χ0) is 21.0. The summed E-state index contributed by atoms with van der Waals surface area (Å²) in [5.41, 5.74) is 1.95. The number of benzene rings is 3. The third-order valence-electron chi connectivity index (χ3n) is 4.12. The normalized spacial score (nSPS) is 11.1. The monoisotopic (exact) mass is 492 g/mol. The van der Waals surface area contributed by atoms with Crippen LogP contribution in [0.2, 0.25) is 5.02 Å². The fourth-order valence-corrected chi connectivity index (χ4v) is 4.60. The van der Waals surface area contributed by atoms with E-state index in [1.165, 1.54) is 24.3 Å². The van der Waals surface area contributed by atoms with Gasteiger partial charge in [-0.3, -0.25) is 9.10 Å². The molecule has 0 fully saturated rings. The van der Waals surface area contributed by atoms with Gasteiger partial charge in [0.25, 0.3) is 10.0 Å². The summed E-state index contributed by atoms with van der Waals surface area (Å²) in [5.74, 6) is -0.457. The van der Waals surface area contributed by atoms with E-state index in [1.54, 1.807) is 42.5 Å². The highest BCUT2D eigenvalue weighted by molar-refractivity contribution is 9.10. The highest BCUT2D eigenvalue weighted by atomic mass is 79.9. The fraction of sp³-hybridized carbons (Fsp3) is 0.0952. The lowest BCUT2D eigenvalue weighted by atomic mass is 10.2. The van der Waals surface area contributed by atoms with Crippen molar-refractivity contribution in [1.29, 1.82) is 0 Å². The molecule has 0 radical (unpaired) electrons. The van der Waals surface area contributed by atoms with Crippen LogP contribution in [-0.4, -0.2) is 20.9 Å². The van der Waals surface area contributed by atoms with Crippen LogP contribution in [0.5, 0.6) is 0 Å². The Morgan fingerprint density at radius 2 is 1.69 bits per heavy atom. The standard InChI is InChI=1S/C21H18BrClN2O3S/c1-15-5-9-19(10-6-15)25(29(27,28)20-11-7-17(23)8-12-20)14-21(26)24-18-4-2-3-16(22)13-18/h2-13H,14H2,1H3,(H,24,26). The Morgan fingerprint density at radius 3 is 2.31 bits per heavy atom. The summed E-state index contributed by atoms with van der Waals surface area (Å²) < 4.78 is 28.4. The predicted octanol–water partition coefficient (Wildman–Crippen LogP) is 5.24. The first kappa shape index (κ1) is 21.4. The molecule has 0 bridgehead atoms. The van der Waals surface area contributed by atoms with E-state index in [1.807, 2.05) is 13.0 Å². The Labute approximate surface area is 183 Å². The summed E-state index contributed by atoms with van der Waals surface area (Å²) in [6.45, 7) is 1.53. The van der Waals surface area contributed by atoms with Gasteiger partial charge in [0.15, 0.2) is 0 Å². The Morgan fingerprint density at radius 1 is 1.03 bits per heavy atom. The first-order chi connectivity index (χ1) is 13.8. The summed E-state index contributed by atoms with van der Waals surface area (Å²) in [7, 11) is -3.97. The molecular formula is C21H18BrClN2O3S. The summed E-state index contributed by atoms with van der Waals surface area (Å²) in [6, 6.07) is 19.9. The average Bonchev–Trinajstić information content (AvgIpc) is 2.67. The van der Waals surface area contributed by atoms with Crippen molar-refractivity contribution >= 4 is 54.8 Å². The van der Waals surface area contributed by atoms with E-state index in [0.29, 0.717) is 16.4 Å². The number of rotatable bonds is 6. The molecule has 0 unspecified atom stereocenters. The van der Waals surface area contributed by atoms with Gasteiger partial charge in [0.1, 0.15) is 6.54 Å². The van der Waals surface area contributed by atoms with Gasteiger partial charge in [-0.25, -0.2) is 8.42 Å². The van der Waals surface area contributed by atoms with Crippen LogP contribution < -0.4 is 9.62 Å². The molecule has 1 amide bonds. The van der Waals surface area contributed by atoms with E-state index in [0.717, 1.165) is 14.3 Å². The van der Waals surface area contributed by atoms with Crippen LogP contribution >= 0.6 is 27.5 Å². The number of hydrogen-bond acceptors (Lipinski definition) is 3. The average molecular weight is 494 g/mol. The Bertz CT molecular complexity index is 1120. The minimum absolute atomic E-state index is 0.0535. The second-order valence-electron chi connectivity index (χ2n) is 6.36. The van der Waals surface area contributed by atoms with Crippen molar-refractivity contribution in [2.45, 2.75) is 11.8 Å². The van der Waals surface area contributed by atoms with Crippen LogP contribution in [0, 0.1) is 6.92 Å². The number of anilines is 2. The first-order valence-electron chi connectivity index (χ1n) is 8.66. The van der Waals surface area contributed by atoms with Gasteiger partial charge in [-0.2, -0.15) is 0 Å². The quantitative estimate of drug-likeness (QED) is 0.510. The highest BCUT2D eigenvalue weighted by Gasteiger charge is 2.27. The summed E-state index contributed by atoms with van der Waals surface area (Å²) in [6.07, 6.45) is 0. The molecule has 3 aromatic rings. The molecule has 0 aliphatic carbocycles. The fourth-order valence-electron chi connectivity index (χ4n) is 2.66. The number of nitrogens with one attached hydrogen (secondary N) is 1. The lowest BCUT2D eigenvalue weighted by Crippen LogP contribution is -2.38. The van der Waals surface area contributed by atoms with E-state index in [2.05, 4.69) is 21.2 Å². The van der Waals surface area contributed by atoms with Crippen molar-refractivity contribution in [3.8, 4) is 0 Å². The van der Waals surface area contributed by atoms with E-state index >= 15 is 0 Å². The first-order valence-corrected chi connectivity index (χ1v) is 11.3. The minimum Gasteiger partial charge on any atom is -0.324 e. The SMILES string of the molecule is Cc1ccc(N(CC(=O)Nc2cccc(Br)c2)S(=O)(=O)c2ccc(Cl)cc2)cc1. The molecule has 29 heavy (non-hydrogen) atoms. The van der Waals surface area contributed by atoms with Gasteiger partial charge in [-0.1, -0.05) is 51.3 Å². The summed E-state index contributed by atoms with van der Waals surface area (Å²) in [5, 5.41) is 3.16. The van der Waals surface area contributed by atoms with Crippen molar-refractivity contribution in [2.75, 3.05) is 16.2 Å². The van der Waals surface area contributed by atoms with Crippen molar-refractivity contribution < 1.29 is 13.2 Å². The summed E-state index contributed by atoms with van der Waals surface area (Å²) in [4.78, 5) is 12.7. The van der Waals surface area contributed by atoms with Crippen LogP contribution in [0.1, 0.15) is 5.56 Å². The maximum Gasteiger partial charge on any atom is 0.264 e. The highest BCUT2D eigenvalue weighted by Crippen LogP contribution is 2.25. The molecular weight excluding hydrogens is 476 g/mol. The summed E-state index contributed by atoms with van der Waals surface area (Å²) >= 11 is 9.23. The lowest BCUT2D eigenvalue weighted by molar-refractivity contribution is -0.114. The number of nitrogens with zero attached hydrogens (tertiary/aromatic N) is 1. The van der Waals surface area contributed by atoms with Crippen LogP contribution in [0.15, 0.2) is 82.2 Å². The Balaban J connectivity index is 1.93. The second-order valence-corrected chi connectivity index (χ2v) is 9.57. The Hall–Kier alpha value is -2.35. The largest absolute Gasteiger partial charge is 0.324 e. The lowest BCUT2D eigenvalue weighted by Gasteiger charge is -2.24. The van der Waals surface area contributed by atoms with Crippen LogP contribution in [-0.2, 0) is 14.8 Å². The third-order valence-corrected chi connectivity index (χ3v) is 6.65. The number of amides is 1. The number of halogens is 2. The molecule has 0 aromatic heterocycles. The smallest absolute Gasteiger partial charge is 0.264 e. The third kappa shape index (κ3) is 5.38. The number of aryl methyl sites for hydroxylation is 1. The minimum atomic E-state index is -3.97. The molecule has 0 spiro atoms. The van der Waals surface area contributed by atoms with Gasteiger partial charge in [0, 0.05) is 15.2 Å². The van der Waals surface area contributed by atoms with Gasteiger partial charge >= 0.3 is 0 Å². The second kappa shape index (κ2) is 8.98. The number of carbonyl (C=O) groups is 1. The molecule has 3 aromatic carbocycles. The van der Waals surface area contributed by atoms with Crippen molar-refractivity contribution in [3.63, 3.8) is 0 Å². The molecule has 5 nitrogen and oxygen atoms in total. The van der Waals surface area contributed by atoms with Gasteiger partial charge in [0.05, 0.1) is 10.6 Å². The van der Waals surface area contributed by atoms with Crippen LogP contribution in [0.4, 0.5) is 11.4 Å². The topological polar surface area (TPSA) is 66.5 Å². The van der Waals surface area contributed by atoms with Gasteiger partial charge in [-0.15, -0.1) is 0 Å². The van der Waals surface area contributed by atoms with Crippen molar-refractivity contribution in [3.05, 3.63) is 87.9 Å². The zero-order valence-electron chi connectivity index (χ0n) is 15.5. The molecule has 0 saturated carbocycles.